The van der Waals surface area contributed by atoms with Crippen LogP contribution in [0.1, 0.15) is 5.69 Å². The van der Waals surface area contributed by atoms with Crippen molar-refractivity contribution >= 4 is 11.5 Å². The molecular formula is C13H16N4. The van der Waals surface area contributed by atoms with Crippen LogP contribution in [0.15, 0.2) is 42.7 Å². The van der Waals surface area contributed by atoms with Crippen molar-refractivity contribution in [1.82, 2.24) is 9.97 Å². The van der Waals surface area contributed by atoms with Gasteiger partial charge in [-0.3, -0.25) is 4.98 Å². The third-order valence-electron chi connectivity index (χ3n) is 2.40. The molecule has 88 valence electrons. The molecule has 0 radical (unpaired) electrons. The van der Waals surface area contributed by atoms with Crippen LogP contribution in [0.25, 0.3) is 0 Å². The van der Waals surface area contributed by atoms with Gasteiger partial charge >= 0.3 is 0 Å². The van der Waals surface area contributed by atoms with Gasteiger partial charge in [0.1, 0.15) is 0 Å². The quantitative estimate of drug-likeness (QED) is 0.870. The monoisotopic (exact) mass is 228 g/mol. The summed E-state index contributed by atoms with van der Waals surface area (Å²) < 4.78 is 0. The zero-order valence-electron chi connectivity index (χ0n) is 10.1. The van der Waals surface area contributed by atoms with E-state index >= 15 is 0 Å². The first kappa shape index (κ1) is 11.4. The number of anilines is 2. The highest BCUT2D eigenvalue weighted by Gasteiger charge is 2.04. The molecule has 0 unspecified atom stereocenters. The number of rotatable bonds is 4. The summed E-state index contributed by atoms with van der Waals surface area (Å²) in [7, 11) is 3.96. The topological polar surface area (TPSA) is 41.1 Å². The average molecular weight is 228 g/mol. The van der Waals surface area contributed by atoms with Gasteiger partial charge in [0.2, 0.25) is 0 Å². The molecule has 1 N–H and O–H groups in total. The van der Waals surface area contributed by atoms with Gasteiger partial charge in [-0.25, -0.2) is 4.98 Å². The van der Waals surface area contributed by atoms with Crippen molar-refractivity contribution in [2.24, 2.45) is 0 Å². The van der Waals surface area contributed by atoms with Gasteiger partial charge in [0.05, 0.1) is 17.9 Å². The van der Waals surface area contributed by atoms with Crippen molar-refractivity contribution < 1.29 is 0 Å². The first-order chi connectivity index (χ1) is 8.27. The van der Waals surface area contributed by atoms with Crippen LogP contribution in [0, 0.1) is 0 Å². The standard InChI is InChI=1S/C13H16N4/c1-17(2)13-12(7-5-9-15-13)16-10-11-6-3-4-8-14-11/h3-9,16H,10H2,1-2H3. The minimum Gasteiger partial charge on any atom is -0.376 e. The lowest BCUT2D eigenvalue weighted by molar-refractivity contribution is 1.02. The van der Waals surface area contributed by atoms with Gasteiger partial charge < -0.3 is 10.2 Å². The van der Waals surface area contributed by atoms with E-state index in [1.54, 1.807) is 12.4 Å². The molecule has 0 spiro atoms. The summed E-state index contributed by atoms with van der Waals surface area (Å²) in [6, 6.07) is 9.84. The van der Waals surface area contributed by atoms with Gasteiger partial charge in [-0.2, -0.15) is 0 Å². The third-order valence-corrected chi connectivity index (χ3v) is 2.40. The zero-order valence-corrected chi connectivity index (χ0v) is 10.1. The van der Waals surface area contributed by atoms with Crippen molar-refractivity contribution in [3.05, 3.63) is 48.4 Å². The van der Waals surface area contributed by atoms with Crippen molar-refractivity contribution in [1.29, 1.82) is 0 Å². The molecule has 0 saturated heterocycles. The van der Waals surface area contributed by atoms with E-state index < -0.39 is 0 Å². The van der Waals surface area contributed by atoms with Gasteiger partial charge in [0.15, 0.2) is 5.82 Å². The fourth-order valence-corrected chi connectivity index (χ4v) is 1.58. The van der Waals surface area contributed by atoms with Crippen LogP contribution in [-0.4, -0.2) is 24.1 Å². The Kier molecular flexibility index (Phi) is 3.55. The Bertz CT molecular complexity index is 468. The van der Waals surface area contributed by atoms with Crippen LogP contribution >= 0.6 is 0 Å². The van der Waals surface area contributed by atoms with Crippen LogP contribution in [0.4, 0.5) is 11.5 Å². The first-order valence-corrected chi connectivity index (χ1v) is 5.53. The summed E-state index contributed by atoms with van der Waals surface area (Å²) >= 11 is 0. The van der Waals surface area contributed by atoms with E-state index in [1.165, 1.54) is 0 Å². The van der Waals surface area contributed by atoms with Gasteiger partial charge in [0.25, 0.3) is 0 Å². The minimum atomic E-state index is 0.702. The Morgan fingerprint density at radius 1 is 1.06 bits per heavy atom. The van der Waals surface area contributed by atoms with E-state index in [0.717, 1.165) is 17.2 Å². The lowest BCUT2D eigenvalue weighted by Gasteiger charge is -2.16. The maximum atomic E-state index is 4.33. The van der Waals surface area contributed by atoms with Crippen molar-refractivity contribution in [2.75, 3.05) is 24.3 Å². The molecule has 0 aliphatic carbocycles. The van der Waals surface area contributed by atoms with E-state index in [4.69, 9.17) is 0 Å². The largest absolute Gasteiger partial charge is 0.376 e. The molecule has 2 heterocycles. The summed E-state index contributed by atoms with van der Waals surface area (Å²) in [6.07, 6.45) is 3.59. The van der Waals surface area contributed by atoms with Crippen LogP contribution < -0.4 is 10.2 Å². The van der Waals surface area contributed by atoms with Crippen LogP contribution in [0.2, 0.25) is 0 Å². The molecule has 0 amide bonds. The van der Waals surface area contributed by atoms with E-state index in [0.29, 0.717) is 6.54 Å². The molecule has 0 saturated carbocycles. The van der Waals surface area contributed by atoms with E-state index in [1.807, 2.05) is 49.3 Å². The molecule has 2 rings (SSSR count). The predicted octanol–water partition coefficient (Wildman–Crippen LogP) is 2.15. The summed E-state index contributed by atoms with van der Waals surface area (Å²) in [6.45, 7) is 0.702. The highest BCUT2D eigenvalue weighted by molar-refractivity contribution is 5.64. The van der Waals surface area contributed by atoms with Crippen LogP contribution in [-0.2, 0) is 6.54 Å². The number of pyridine rings is 2. The molecule has 0 bridgehead atoms. The number of hydrogen-bond donors (Lipinski definition) is 1. The Labute approximate surface area is 101 Å². The third kappa shape index (κ3) is 2.93. The highest BCUT2D eigenvalue weighted by Crippen LogP contribution is 2.20. The molecule has 4 heteroatoms. The Morgan fingerprint density at radius 2 is 1.88 bits per heavy atom. The fraction of sp³-hybridized carbons (Fsp3) is 0.231. The predicted molar refractivity (Wildman–Crippen MR) is 70.1 cm³/mol. The number of nitrogens with one attached hydrogen (secondary N) is 1. The molecule has 2 aromatic rings. The molecule has 0 aromatic carbocycles. The summed E-state index contributed by atoms with van der Waals surface area (Å²) in [5.41, 5.74) is 2.03. The van der Waals surface area contributed by atoms with Gasteiger partial charge in [-0.1, -0.05) is 6.07 Å². The molecule has 0 aliphatic heterocycles. The molecule has 17 heavy (non-hydrogen) atoms. The molecule has 4 nitrogen and oxygen atoms in total. The molecular weight excluding hydrogens is 212 g/mol. The lowest BCUT2D eigenvalue weighted by atomic mass is 10.3. The van der Waals surface area contributed by atoms with Gasteiger partial charge in [-0.15, -0.1) is 0 Å². The van der Waals surface area contributed by atoms with E-state index in [-0.39, 0.29) is 0 Å². The van der Waals surface area contributed by atoms with Crippen LogP contribution in [0.3, 0.4) is 0 Å². The second-order valence-electron chi connectivity index (χ2n) is 3.94. The SMILES string of the molecule is CN(C)c1ncccc1NCc1ccccn1. The summed E-state index contributed by atoms with van der Waals surface area (Å²) in [5, 5.41) is 3.34. The second-order valence-corrected chi connectivity index (χ2v) is 3.94. The summed E-state index contributed by atoms with van der Waals surface area (Å²) in [5.74, 6) is 0.934. The first-order valence-electron chi connectivity index (χ1n) is 5.53. The normalized spacial score (nSPS) is 10.0. The highest BCUT2D eigenvalue weighted by atomic mass is 15.2. The number of nitrogens with zero attached hydrogens (tertiary/aromatic N) is 3. The Balaban J connectivity index is 2.09. The average Bonchev–Trinajstić information content (AvgIpc) is 2.38. The molecule has 0 fully saturated rings. The Morgan fingerprint density at radius 3 is 2.59 bits per heavy atom. The number of aromatic nitrogens is 2. The second kappa shape index (κ2) is 5.30. The van der Waals surface area contributed by atoms with Crippen molar-refractivity contribution in [3.63, 3.8) is 0 Å². The van der Waals surface area contributed by atoms with E-state index in [9.17, 15) is 0 Å². The van der Waals surface area contributed by atoms with Crippen molar-refractivity contribution in [3.8, 4) is 0 Å². The van der Waals surface area contributed by atoms with E-state index in [2.05, 4.69) is 15.3 Å². The van der Waals surface area contributed by atoms with Crippen molar-refractivity contribution in [2.45, 2.75) is 6.54 Å². The lowest BCUT2D eigenvalue weighted by Crippen LogP contribution is -2.14. The van der Waals surface area contributed by atoms with Gasteiger partial charge in [0, 0.05) is 26.5 Å². The van der Waals surface area contributed by atoms with Crippen LogP contribution in [0.5, 0.6) is 0 Å². The maximum absolute atomic E-state index is 4.33. The molecule has 0 aliphatic rings. The smallest absolute Gasteiger partial charge is 0.151 e. The Hall–Kier alpha value is -2.10. The molecule has 0 atom stereocenters. The molecule has 2 aromatic heterocycles. The fourth-order valence-electron chi connectivity index (χ4n) is 1.58. The maximum Gasteiger partial charge on any atom is 0.151 e. The van der Waals surface area contributed by atoms with Gasteiger partial charge in [-0.05, 0) is 24.3 Å². The minimum absolute atomic E-state index is 0.702. The zero-order chi connectivity index (χ0) is 12.1. The summed E-state index contributed by atoms with van der Waals surface area (Å²) in [4.78, 5) is 10.6. The number of hydrogen-bond acceptors (Lipinski definition) is 4.